The number of quaternary nitrogens is 1. The molecule has 9 heteroatoms. The van der Waals surface area contributed by atoms with Crippen LogP contribution in [-0.2, 0) is 27.9 Å². The van der Waals surface area contributed by atoms with Crippen molar-refractivity contribution in [3.63, 3.8) is 0 Å². The number of hydrogen-bond donors (Lipinski definition) is 1. The maximum Gasteiger partial charge on any atom is 0.472 e. The Morgan fingerprint density at radius 1 is 0.561 bits per heavy atom. The summed E-state index contributed by atoms with van der Waals surface area (Å²) in [4.78, 5) is 22.9. The molecule has 0 rings (SSSR count). The second kappa shape index (κ2) is 41.0. The van der Waals surface area contributed by atoms with Gasteiger partial charge < -0.3 is 18.9 Å². The van der Waals surface area contributed by atoms with Crippen LogP contribution in [0, 0.1) is 0 Å². The number of nitrogens with zero attached hydrogens (tertiary/aromatic N) is 1. The number of allylic oxidation sites excluding steroid dienone is 10. The zero-order valence-electron chi connectivity index (χ0n) is 37.6. The SMILES string of the molecule is CC/C=C\C/C=C\C/C=C\CCCCCCOCC(COP(=O)(O)OCC[N+](C)(C)C)OC(=O)CCCCCCCCCCC/C=C\C/C=C\CCCCCCC. The predicted molar refractivity (Wildman–Crippen MR) is 242 cm³/mol. The van der Waals surface area contributed by atoms with Crippen LogP contribution in [0.25, 0.3) is 0 Å². The molecule has 0 aromatic carbocycles. The molecule has 0 saturated heterocycles. The molecule has 332 valence electrons. The Kier molecular flexibility index (Phi) is 39.7. The number of rotatable bonds is 42. The molecule has 8 nitrogen and oxygen atoms in total. The van der Waals surface area contributed by atoms with E-state index in [1.54, 1.807) is 0 Å². The summed E-state index contributed by atoms with van der Waals surface area (Å²) in [5, 5.41) is 0. The van der Waals surface area contributed by atoms with Gasteiger partial charge in [-0.2, -0.15) is 0 Å². The first-order valence-electron chi connectivity index (χ1n) is 23.0. The molecule has 0 bridgehead atoms. The van der Waals surface area contributed by atoms with E-state index in [2.05, 4.69) is 74.6 Å². The lowest BCUT2D eigenvalue weighted by Crippen LogP contribution is -2.37. The van der Waals surface area contributed by atoms with Crippen molar-refractivity contribution in [2.24, 2.45) is 0 Å². The minimum absolute atomic E-state index is 0.0806. The van der Waals surface area contributed by atoms with Crippen molar-refractivity contribution in [1.29, 1.82) is 0 Å². The minimum Gasteiger partial charge on any atom is -0.457 e. The first-order valence-corrected chi connectivity index (χ1v) is 24.5. The lowest BCUT2D eigenvalue weighted by molar-refractivity contribution is -0.870. The van der Waals surface area contributed by atoms with Gasteiger partial charge in [-0.15, -0.1) is 0 Å². The molecule has 0 aromatic rings. The van der Waals surface area contributed by atoms with Gasteiger partial charge in [0.25, 0.3) is 0 Å². The molecule has 0 fully saturated rings. The third kappa shape index (κ3) is 45.1. The highest BCUT2D eigenvalue weighted by Crippen LogP contribution is 2.43. The van der Waals surface area contributed by atoms with Gasteiger partial charge in [-0.05, 0) is 77.0 Å². The smallest absolute Gasteiger partial charge is 0.457 e. The van der Waals surface area contributed by atoms with E-state index < -0.39 is 13.9 Å². The molecular weight excluding hydrogens is 734 g/mol. The van der Waals surface area contributed by atoms with Gasteiger partial charge in [-0.25, -0.2) is 4.57 Å². The van der Waals surface area contributed by atoms with Crippen LogP contribution in [0.5, 0.6) is 0 Å². The molecule has 0 aromatic heterocycles. The normalized spacial score (nSPS) is 14.3. The molecule has 0 saturated carbocycles. The number of unbranched alkanes of at least 4 members (excludes halogenated alkanes) is 18. The fourth-order valence-electron chi connectivity index (χ4n) is 6.01. The third-order valence-corrected chi connectivity index (χ3v) is 10.5. The molecule has 57 heavy (non-hydrogen) atoms. The fraction of sp³-hybridized carbons (Fsp3) is 0.771. The van der Waals surface area contributed by atoms with Gasteiger partial charge in [0, 0.05) is 13.0 Å². The van der Waals surface area contributed by atoms with Crippen LogP contribution in [0.1, 0.15) is 181 Å². The van der Waals surface area contributed by atoms with Gasteiger partial charge in [0.1, 0.15) is 19.3 Å². The first kappa shape index (κ1) is 55.2. The minimum atomic E-state index is -4.29. The summed E-state index contributed by atoms with van der Waals surface area (Å²) < 4.78 is 35.0. The molecule has 0 radical (unpaired) electrons. The van der Waals surface area contributed by atoms with E-state index >= 15 is 0 Å². The number of phosphoric acid groups is 1. The van der Waals surface area contributed by atoms with Crippen LogP contribution in [-0.4, -0.2) is 75.6 Å². The van der Waals surface area contributed by atoms with E-state index in [1.165, 1.54) is 83.5 Å². The van der Waals surface area contributed by atoms with Gasteiger partial charge in [0.2, 0.25) is 0 Å². The second-order valence-corrected chi connectivity index (χ2v) is 17.9. The molecule has 0 spiro atoms. The molecule has 2 atom stereocenters. The van der Waals surface area contributed by atoms with Crippen LogP contribution < -0.4 is 0 Å². The van der Waals surface area contributed by atoms with Crippen molar-refractivity contribution in [3.8, 4) is 0 Å². The third-order valence-electron chi connectivity index (χ3n) is 9.56. The van der Waals surface area contributed by atoms with Crippen molar-refractivity contribution >= 4 is 13.8 Å². The average molecular weight is 823 g/mol. The molecule has 0 amide bonds. The Labute approximate surface area is 351 Å². The predicted octanol–water partition coefficient (Wildman–Crippen LogP) is 13.7. The Hall–Kier alpha value is -1.80. The summed E-state index contributed by atoms with van der Waals surface area (Å²) in [5.74, 6) is -0.328. The Morgan fingerprint density at radius 3 is 1.53 bits per heavy atom. The Bertz CT molecular complexity index is 1090. The first-order chi connectivity index (χ1) is 27.6. The summed E-state index contributed by atoms with van der Waals surface area (Å²) in [6.45, 7) is 5.43. The number of hydrogen-bond acceptors (Lipinski definition) is 6. The van der Waals surface area contributed by atoms with Crippen molar-refractivity contribution < 1.29 is 37.3 Å². The van der Waals surface area contributed by atoms with Gasteiger partial charge in [-0.3, -0.25) is 13.8 Å². The summed E-state index contributed by atoms with van der Waals surface area (Å²) in [5.41, 5.74) is 0. The van der Waals surface area contributed by atoms with Crippen LogP contribution in [0.4, 0.5) is 0 Å². The van der Waals surface area contributed by atoms with E-state index in [4.69, 9.17) is 18.5 Å². The largest absolute Gasteiger partial charge is 0.472 e. The van der Waals surface area contributed by atoms with Crippen molar-refractivity contribution in [3.05, 3.63) is 60.8 Å². The standard InChI is InChI=1S/C48H88NO7P/c1-6-8-10-12-14-16-18-20-22-23-24-25-26-27-28-29-31-33-35-37-39-41-48(50)56-47(46-55-57(51,52)54-44-42-49(3,4)5)45-53-43-40-38-36-34-32-30-21-19-17-15-13-11-9-7-2/h9,11,15,17-18,20-21,23-24,30,47H,6-8,10,12-14,16,19,22,25-29,31-46H2,1-5H3/p+1/b11-9-,17-15-,20-18-,24-23-,30-21-. The lowest BCUT2D eigenvalue weighted by atomic mass is 10.1. The van der Waals surface area contributed by atoms with Gasteiger partial charge in [-0.1, -0.05) is 158 Å². The quantitative estimate of drug-likeness (QED) is 0.0215. The number of phosphoric ester groups is 1. The Morgan fingerprint density at radius 2 is 1.02 bits per heavy atom. The number of ether oxygens (including phenoxy) is 2. The fourth-order valence-corrected chi connectivity index (χ4v) is 6.75. The molecule has 2 unspecified atom stereocenters. The van der Waals surface area contributed by atoms with Crippen LogP contribution >= 0.6 is 7.82 Å². The monoisotopic (exact) mass is 823 g/mol. The summed E-state index contributed by atoms with van der Waals surface area (Å²) in [6.07, 6.45) is 51.1. The summed E-state index contributed by atoms with van der Waals surface area (Å²) >= 11 is 0. The van der Waals surface area contributed by atoms with Gasteiger partial charge in [0.15, 0.2) is 0 Å². The molecule has 0 aliphatic rings. The van der Waals surface area contributed by atoms with Crippen molar-refractivity contribution in [2.45, 2.75) is 187 Å². The zero-order chi connectivity index (χ0) is 42.0. The van der Waals surface area contributed by atoms with Crippen LogP contribution in [0.2, 0.25) is 0 Å². The highest BCUT2D eigenvalue weighted by molar-refractivity contribution is 7.47. The van der Waals surface area contributed by atoms with Crippen LogP contribution in [0.3, 0.4) is 0 Å². The average Bonchev–Trinajstić information content (AvgIpc) is 3.16. The second-order valence-electron chi connectivity index (χ2n) is 16.4. The summed E-state index contributed by atoms with van der Waals surface area (Å²) in [6, 6.07) is 0. The molecular formula is C48H89NO7P+. The van der Waals surface area contributed by atoms with Gasteiger partial charge in [0.05, 0.1) is 34.4 Å². The summed E-state index contributed by atoms with van der Waals surface area (Å²) in [7, 11) is 1.64. The lowest BCUT2D eigenvalue weighted by Gasteiger charge is -2.24. The van der Waals surface area contributed by atoms with Gasteiger partial charge >= 0.3 is 13.8 Å². The van der Waals surface area contributed by atoms with E-state index in [1.807, 2.05) is 21.1 Å². The number of carbonyl (C=O) groups is 1. The zero-order valence-corrected chi connectivity index (χ0v) is 38.5. The van der Waals surface area contributed by atoms with E-state index in [-0.39, 0.29) is 25.8 Å². The molecule has 0 aliphatic heterocycles. The molecule has 0 heterocycles. The van der Waals surface area contributed by atoms with E-state index in [0.29, 0.717) is 24.1 Å². The van der Waals surface area contributed by atoms with E-state index in [9.17, 15) is 14.3 Å². The number of esters is 1. The van der Waals surface area contributed by atoms with Crippen molar-refractivity contribution in [2.75, 3.05) is 54.1 Å². The molecule has 0 aliphatic carbocycles. The maximum atomic E-state index is 12.7. The maximum absolute atomic E-state index is 12.7. The topological polar surface area (TPSA) is 91.3 Å². The Balaban J connectivity index is 4.22. The highest BCUT2D eigenvalue weighted by Gasteiger charge is 2.26. The number of likely N-dealkylation sites (N-methyl/N-ethyl adjacent to an activating group) is 1. The van der Waals surface area contributed by atoms with Crippen LogP contribution in [0.15, 0.2) is 60.8 Å². The number of carbonyl (C=O) groups excluding carboxylic acids is 1. The molecule has 1 N–H and O–H groups in total. The van der Waals surface area contributed by atoms with E-state index in [0.717, 1.165) is 77.0 Å². The highest BCUT2D eigenvalue weighted by atomic mass is 31.2. The van der Waals surface area contributed by atoms with Crippen molar-refractivity contribution in [1.82, 2.24) is 0 Å².